The first-order chi connectivity index (χ1) is 6.02. The molecule has 4 heteroatoms. The number of rotatable bonds is 2. The second kappa shape index (κ2) is 4.07. The highest BCUT2D eigenvalue weighted by atomic mass is 16.2. The Morgan fingerprint density at radius 3 is 2.69 bits per heavy atom. The van der Waals surface area contributed by atoms with E-state index in [1.807, 2.05) is 7.05 Å². The fourth-order valence-electron chi connectivity index (χ4n) is 1.73. The third kappa shape index (κ3) is 2.42. The van der Waals surface area contributed by atoms with Crippen molar-refractivity contribution in [1.29, 1.82) is 0 Å². The third-order valence-corrected chi connectivity index (χ3v) is 2.65. The molecule has 2 N–H and O–H groups in total. The topological polar surface area (TPSA) is 49.6 Å². The summed E-state index contributed by atoms with van der Waals surface area (Å²) < 4.78 is 0. The van der Waals surface area contributed by atoms with Crippen molar-refractivity contribution in [3.8, 4) is 0 Å². The zero-order valence-corrected chi connectivity index (χ0v) is 8.66. The number of carbonyl (C=O) groups is 1. The van der Waals surface area contributed by atoms with Crippen molar-refractivity contribution in [2.24, 2.45) is 5.73 Å². The molecule has 76 valence electrons. The molecule has 1 aliphatic rings. The fourth-order valence-corrected chi connectivity index (χ4v) is 1.73. The predicted molar refractivity (Wildman–Crippen MR) is 52.3 cm³/mol. The minimum Gasteiger partial charge on any atom is -0.340 e. The van der Waals surface area contributed by atoms with Gasteiger partial charge in [-0.05, 0) is 26.9 Å². The Kier molecular flexibility index (Phi) is 3.27. The average molecular weight is 185 g/mol. The van der Waals surface area contributed by atoms with E-state index in [0.717, 1.165) is 19.5 Å². The van der Waals surface area contributed by atoms with Crippen molar-refractivity contribution in [3.05, 3.63) is 0 Å². The lowest BCUT2D eigenvalue weighted by Crippen LogP contribution is -2.46. The Bertz CT molecular complexity index is 193. The van der Waals surface area contributed by atoms with Crippen LogP contribution in [0.3, 0.4) is 0 Å². The van der Waals surface area contributed by atoms with Gasteiger partial charge >= 0.3 is 0 Å². The van der Waals surface area contributed by atoms with Gasteiger partial charge in [-0.3, -0.25) is 4.79 Å². The van der Waals surface area contributed by atoms with Crippen LogP contribution in [0, 0.1) is 0 Å². The number of amides is 1. The van der Waals surface area contributed by atoms with Gasteiger partial charge in [-0.1, -0.05) is 0 Å². The van der Waals surface area contributed by atoms with Crippen LogP contribution in [0.2, 0.25) is 0 Å². The van der Waals surface area contributed by atoms with E-state index in [1.165, 1.54) is 0 Å². The van der Waals surface area contributed by atoms with E-state index in [2.05, 4.69) is 11.9 Å². The number of likely N-dealkylation sites (tertiary alicyclic amines) is 1. The zero-order valence-electron chi connectivity index (χ0n) is 8.66. The molecule has 2 atom stereocenters. The van der Waals surface area contributed by atoms with Crippen molar-refractivity contribution < 1.29 is 4.79 Å². The highest BCUT2D eigenvalue weighted by molar-refractivity contribution is 5.81. The van der Waals surface area contributed by atoms with E-state index in [4.69, 9.17) is 5.73 Å². The monoisotopic (exact) mass is 185 g/mol. The average Bonchev–Trinajstić information content (AvgIpc) is 2.49. The van der Waals surface area contributed by atoms with E-state index in [-0.39, 0.29) is 11.9 Å². The van der Waals surface area contributed by atoms with Gasteiger partial charge in [0.1, 0.15) is 0 Å². The predicted octanol–water partition coefficient (Wildman–Crippen LogP) is -0.504. The van der Waals surface area contributed by atoms with E-state index in [0.29, 0.717) is 6.04 Å². The molecule has 0 aromatic carbocycles. The van der Waals surface area contributed by atoms with Crippen LogP contribution in [0.4, 0.5) is 0 Å². The van der Waals surface area contributed by atoms with Crippen molar-refractivity contribution in [2.45, 2.75) is 25.4 Å². The summed E-state index contributed by atoms with van der Waals surface area (Å²) in [7, 11) is 3.92. The largest absolute Gasteiger partial charge is 0.340 e. The molecule has 0 radical (unpaired) electrons. The first kappa shape index (κ1) is 10.5. The molecule has 1 rings (SSSR count). The summed E-state index contributed by atoms with van der Waals surface area (Å²) in [6.45, 7) is 3.77. The van der Waals surface area contributed by atoms with Crippen LogP contribution in [-0.4, -0.2) is 55.0 Å². The second-order valence-electron chi connectivity index (χ2n) is 3.94. The van der Waals surface area contributed by atoms with Crippen LogP contribution < -0.4 is 5.73 Å². The Labute approximate surface area is 79.7 Å². The standard InChI is InChI=1S/C9H19N3O/c1-7(10)9(13)12(3)8-4-5-11(2)6-8/h7-8H,4-6,10H2,1-3H3/t7?,8-/m0/s1. The number of nitrogens with zero attached hydrogens (tertiary/aromatic N) is 2. The summed E-state index contributed by atoms with van der Waals surface area (Å²) in [4.78, 5) is 15.5. The number of hydrogen-bond acceptors (Lipinski definition) is 3. The summed E-state index contributed by atoms with van der Waals surface area (Å²) in [6.07, 6.45) is 1.06. The Balaban J connectivity index is 2.48. The van der Waals surface area contributed by atoms with E-state index in [9.17, 15) is 4.79 Å². The van der Waals surface area contributed by atoms with Crippen molar-refractivity contribution in [3.63, 3.8) is 0 Å². The van der Waals surface area contributed by atoms with Crippen molar-refractivity contribution in [2.75, 3.05) is 27.2 Å². The minimum absolute atomic E-state index is 0.0419. The maximum Gasteiger partial charge on any atom is 0.239 e. The van der Waals surface area contributed by atoms with E-state index < -0.39 is 0 Å². The molecular formula is C9H19N3O. The van der Waals surface area contributed by atoms with E-state index in [1.54, 1.807) is 11.8 Å². The lowest BCUT2D eigenvalue weighted by atomic mass is 10.2. The molecule has 13 heavy (non-hydrogen) atoms. The number of likely N-dealkylation sites (N-methyl/N-ethyl adjacent to an activating group) is 2. The molecule has 0 aromatic rings. The van der Waals surface area contributed by atoms with Gasteiger partial charge in [-0.15, -0.1) is 0 Å². The molecule has 0 spiro atoms. The van der Waals surface area contributed by atoms with Gasteiger partial charge in [0.25, 0.3) is 0 Å². The van der Waals surface area contributed by atoms with Crippen LogP contribution in [-0.2, 0) is 4.79 Å². The van der Waals surface area contributed by atoms with Crippen LogP contribution in [0.25, 0.3) is 0 Å². The van der Waals surface area contributed by atoms with Crippen molar-refractivity contribution in [1.82, 2.24) is 9.80 Å². The SMILES string of the molecule is CC(N)C(=O)N(C)[C@H]1CCN(C)C1. The molecule has 1 unspecified atom stereocenters. The van der Waals surface area contributed by atoms with Crippen LogP contribution in [0.15, 0.2) is 0 Å². The first-order valence-electron chi connectivity index (χ1n) is 4.73. The summed E-state index contributed by atoms with van der Waals surface area (Å²) in [5.41, 5.74) is 5.53. The number of hydrogen-bond donors (Lipinski definition) is 1. The maximum atomic E-state index is 11.5. The molecular weight excluding hydrogens is 166 g/mol. The van der Waals surface area contributed by atoms with Gasteiger partial charge in [0.15, 0.2) is 0 Å². The van der Waals surface area contributed by atoms with Gasteiger partial charge < -0.3 is 15.5 Å². The Morgan fingerprint density at radius 2 is 2.31 bits per heavy atom. The van der Waals surface area contributed by atoms with Crippen LogP contribution in [0.1, 0.15) is 13.3 Å². The number of carbonyl (C=O) groups excluding carboxylic acids is 1. The molecule has 1 amide bonds. The molecule has 0 bridgehead atoms. The molecule has 1 aliphatic heterocycles. The summed E-state index contributed by atoms with van der Waals surface area (Å²) >= 11 is 0. The molecule has 4 nitrogen and oxygen atoms in total. The van der Waals surface area contributed by atoms with Gasteiger partial charge in [-0.25, -0.2) is 0 Å². The van der Waals surface area contributed by atoms with Crippen molar-refractivity contribution >= 4 is 5.91 Å². The second-order valence-corrected chi connectivity index (χ2v) is 3.94. The third-order valence-electron chi connectivity index (χ3n) is 2.65. The Morgan fingerprint density at radius 1 is 1.69 bits per heavy atom. The smallest absolute Gasteiger partial charge is 0.239 e. The summed E-state index contributed by atoms with van der Waals surface area (Å²) in [5, 5.41) is 0. The lowest BCUT2D eigenvalue weighted by Gasteiger charge is -2.25. The van der Waals surface area contributed by atoms with Gasteiger partial charge in [-0.2, -0.15) is 0 Å². The lowest BCUT2D eigenvalue weighted by molar-refractivity contribution is -0.132. The quantitative estimate of drug-likeness (QED) is 0.631. The summed E-state index contributed by atoms with van der Waals surface area (Å²) in [6, 6.07) is -0.0283. The molecule has 1 fully saturated rings. The fraction of sp³-hybridized carbons (Fsp3) is 0.889. The summed E-state index contributed by atoms with van der Waals surface area (Å²) in [5.74, 6) is 0.0419. The van der Waals surface area contributed by atoms with Crippen LogP contribution in [0.5, 0.6) is 0 Å². The molecule has 0 aromatic heterocycles. The van der Waals surface area contributed by atoms with Crippen LogP contribution >= 0.6 is 0 Å². The molecule has 0 saturated carbocycles. The number of nitrogens with two attached hydrogens (primary N) is 1. The molecule has 1 saturated heterocycles. The highest BCUT2D eigenvalue weighted by Gasteiger charge is 2.27. The van der Waals surface area contributed by atoms with Gasteiger partial charge in [0.05, 0.1) is 6.04 Å². The highest BCUT2D eigenvalue weighted by Crippen LogP contribution is 2.12. The maximum absolute atomic E-state index is 11.5. The molecule has 0 aliphatic carbocycles. The first-order valence-corrected chi connectivity index (χ1v) is 4.73. The molecule has 1 heterocycles. The zero-order chi connectivity index (χ0) is 10.0. The normalized spacial score (nSPS) is 26.0. The Hall–Kier alpha value is -0.610. The van der Waals surface area contributed by atoms with Gasteiger partial charge in [0.2, 0.25) is 5.91 Å². The van der Waals surface area contributed by atoms with E-state index >= 15 is 0 Å². The minimum atomic E-state index is -0.379. The van der Waals surface area contributed by atoms with Gasteiger partial charge in [0, 0.05) is 19.6 Å².